The molecular weight excluding hydrogens is 212 g/mol. The Morgan fingerprint density at radius 2 is 2.29 bits per heavy atom. The molecule has 1 unspecified atom stereocenters. The molecule has 1 heterocycles. The van der Waals surface area contributed by atoms with E-state index in [1.165, 1.54) is 0 Å². The Labute approximate surface area is 104 Å². The third kappa shape index (κ3) is 4.36. The van der Waals surface area contributed by atoms with E-state index in [4.69, 9.17) is 11.2 Å². The highest BCUT2D eigenvalue weighted by atomic mass is 16.5. The fourth-order valence-electron chi connectivity index (χ4n) is 1.48. The maximum atomic E-state index is 5.62. The minimum Gasteiger partial charge on any atom is -0.490 e. The fraction of sp³-hybridized carbons (Fsp3) is 0.500. The van der Waals surface area contributed by atoms with Crippen molar-refractivity contribution in [1.29, 1.82) is 0 Å². The van der Waals surface area contributed by atoms with E-state index in [0.29, 0.717) is 6.61 Å². The van der Waals surface area contributed by atoms with Crippen LogP contribution >= 0.6 is 0 Å². The van der Waals surface area contributed by atoms with E-state index in [0.717, 1.165) is 30.8 Å². The van der Waals surface area contributed by atoms with Crippen LogP contribution in [-0.4, -0.2) is 17.6 Å². The lowest BCUT2D eigenvalue weighted by molar-refractivity contribution is 0.317. The normalized spacial score (nSPS) is 11.6. The molecule has 1 N–H and O–H groups in total. The average molecular weight is 232 g/mol. The van der Waals surface area contributed by atoms with Crippen molar-refractivity contribution < 1.29 is 4.74 Å². The summed E-state index contributed by atoms with van der Waals surface area (Å²) in [5, 5.41) is 3.23. The van der Waals surface area contributed by atoms with Crippen LogP contribution < -0.4 is 10.1 Å². The third-order valence-electron chi connectivity index (χ3n) is 2.32. The number of aromatic nitrogens is 1. The number of anilines is 1. The predicted octanol–water partition coefficient (Wildman–Crippen LogP) is 3.08. The number of nitrogens with one attached hydrogen (secondary N) is 1. The van der Waals surface area contributed by atoms with Gasteiger partial charge in [-0.2, -0.15) is 0 Å². The first-order chi connectivity index (χ1) is 8.31. The Bertz CT molecular complexity index is 371. The van der Waals surface area contributed by atoms with Gasteiger partial charge in [0.2, 0.25) is 0 Å². The molecule has 0 aromatic carbocycles. The summed E-state index contributed by atoms with van der Waals surface area (Å²) in [4.78, 5) is 4.27. The van der Waals surface area contributed by atoms with Gasteiger partial charge in [-0.05, 0) is 25.0 Å². The summed E-state index contributed by atoms with van der Waals surface area (Å²) in [5.74, 6) is 4.23. The predicted molar refractivity (Wildman–Crippen MR) is 71.2 cm³/mol. The van der Waals surface area contributed by atoms with Crippen LogP contribution in [0.3, 0.4) is 0 Å². The molecule has 0 aliphatic carbocycles. The minimum absolute atomic E-state index is 0.0128. The van der Waals surface area contributed by atoms with E-state index in [1.54, 1.807) is 6.20 Å². The molecule has 1 rings (SSSR count). The van der Waals surface area contributed by atoms with Gasteiger partial charge in [0.25, 0.3) is 0 Å². The van der Waals surface area contributed by atoms with Gasteiger partial charge in [0.15, 0.2) is 11.6 Å². The minimum atomic E-state index is 0.0128. The quantitative estimate of drug-likeness (QED) is 0.734. The summed E-state index contributed by atoms with van der Waals surface area (Å²) in [7, 11) is 0. The molecule has 1 atom stereocenters. The number of rotatable bonds is 7. The molecule has 0 aliphatic rings. The summed E-state index contributed by atoms with van der Waals surface area (Å²) in [6.45, 7) is 4.87. The van der Waals surface area contributed by atoms with E-state index in [-0.39, 0.29) is 6.04 Å². The third-order valence-corrected chi connectivity index (χ3v) is 2.32. The number of pyridine rings is 1. The van der Waals surface area contributed by atoms with Crippen LogP contribution in [0.1, 0.15) is 33.1 Å². The van der Waals surface area contributed by atoms with Crippen LogP contribution in [0.2, 0.25) is 0 Å². The van der Waals surface area contributed by atoms with Crippen LogP contribution in [0.5, 0.6) is 5.75 Å². The second-order valence-corrected chi connectivity index (χ2v) is 3.85. The van der Waals surface area contributed by atoms with Gasteiger partial charge in [0, 0.05) is 6.20 Å². The Balaban J connectivity index is 2.71. The monoisotopic (exact) mass is 232 g/mol. The zero-order valence-corrected chi connectivity index (χ0v) is 10.6. The number of hydrogen-bond donors (Lipinski definition) is 1. The highest BCUT2D eigenvalue weighted by Crippen LogP contribution is 2.22. The highest BCUT2D eigenvalue weighted by Gasteiger charge is 2.09. The molecule has 3 heteroatoms. The van der Waals surface area contributed by atoms with Crippen LogP contribution in [0.4, 0.5) is 5.82 Å². The number of nitrogens with zero attached hydrogens (tertiary/aromatic N) is 1. The molecule has 0 fully saturated rings. The topological polar surface area (TPSA) is 34.2 Å². The zero-order chi connectivity index (χ0) is 12.5. The van der Waals surface area contributed by atoms with Gasteiger partial charge in [-0.25, -0.2) is 4.98 Å². The number of ether oxygens (including phenoxy) is 1. The lowest BCUT2D eigenvalue weighted by atomic mass is 10.2. The van der Waals surface area contributed by atoms with Gasteiger partial charge in [-0.15, -0.1) is 6.42 Å². The first-order valence-electron chi connectivity index (χ1n) is 6.12. The van der Waals surface area contributed by atoms with E-state index < -0.39 is 0 Å². The van der Waals surface area contributed by atoms with Gasteiger partial charge < -0.3 is 10.1 Å². The molecule has 0 amide bonds. The second-order valence-electron chi connectivity index (χ2n) is 3.85. The van der Waals surface area contributed by atoms with Crippen LogP contribution in [0.15, 0.2) is 18.3 Å². The van der Waals surface area contributed by atoms with Crippen LogP contribution in [0.25, 0.3) is 0 Å². The SMILES string of the molecule is C#CC(CCC)Nc1ncccc1OCCC. The standard InChI is InChI=1S/C14H20N2O/c1-4-8-12(6-3)16-14-13(17-11-5-2)9-7-10-15-14/h3,7,9-10,12H,4-5,8,11H2,1-2H3,(H,15,16). The summed E-state index contributed by atoms with van der Waals surface area (Å²) >= 11 is 0. The summed E-state index contributed by atoms with van der Waals surface area (Å²) in [6.07, 6.45) is 10.2. The fourth-order valence-corrected chi connectivity index (χ4v) is 1.48. The van der Waals surface area contributed by atoms with Crippen LogP contribution in [0, 0.1) is 12.3 Å². The Hall–Kier alpha value is -1.69. The van der Waals surface area contributed by atoms with Crippen molar-refractivity contribution in [3.63, 3.8) is 0 Å². The molecule has 0 radical (unpaired) electrons. The van der Waals surface area contributed by atoms with Crippen LogP contribution in [-0.2, 0) is 0 Å². The first kappa shape index (κ1) is 13.4. The number of terminal acetylenes is 1. The second kappa shape index (κ2) is 7.56. The molecule has 1 aromatic rings. The molecule has 92 valence electrons. The maximum absolute atomic E-state index is 5.62. The molecule has 0 bridgehead atoms. The Morgan fingerprint density at radius 1 is 1.47 bits per heavy atom. The van der Waals surface area contributed by atoms with Crippen molar-refractivity contribution in [1.82, 2.24) is 4.98 Å². The van der Waals surface area contributed by atoms with E-state index in [1.807, 2.05) is 12.1 Å². The smallest absolute Gasteiger partial charge is 0.169 e. The molecule has 17 heavy (non-hydrogen) atoms. The van der Waals surface area contributed by atoms with Crippen molar-refractivity contribution in [2.75, 3.05) is 11.9 Å². The summed E-state index contributed by atoms with van der Waals surface area (Å²) in [6, 6.07) is 3.78. The summed E-state index contributed by atoms with van der Waals surface area (Å²) < 4.78 is 5.62. The average Bonchev–Trinajstić information content (AvgIpc) is 2.37. The lowest BCUT2D eigenvalue weighted by Gasteiger charge is -2.15. The van der Waals surface area contributed by atoms with Crippen molar-refractivity contribution in [3.8, 4) is 18.1 Å². The molecular formula is C14H20N2O. The molecule has 0 spiro atoms. The molecule has 3 nitrogen and oxygen atoms in total. The van der Waals surface area contributed by atoms with E-state index in [9.17, 15) is 0 Å². The van der Waals surface area contributed by atoms with E-state index in [2.05, 4.69) is 30.1 Å². The zero-order valence-electron chi connectivity index (χ0n) is 10.6. The number of hydrogen-bond acceptors (Lipinski definition) is 3. The van der Waals surface area contributed by atoms with Gasteiger partial charge in [-0.1, -0.05) is 26.2 Å². The van der Waals surface area contributed by atoms with Crippen molar-refractivity contribution in [3.05, 3.63) is 18.3 Å². The van der Waals surface area contributed by atoms with Gasteiger partial charge in [-0.3, -0.25) is 0 Å². The Morgan fingerprint density at radius 3 is 2.94 bits per heavy atom. The van der Waals surface area contributed by atoms with Crippen molar-refractivity contribution >= 4 is 5.82 Å². The van der Waals surface area contributed by atoms with Crippen molar-refractivity contribution in [2.24, 2.45) is 0 Å². The molecule has 1 aromatic heterocycles. The largest absolute Gasteiger partial charge is 0.490 e. The van der Waals surface area contributed by atoms with E-state index >= 15 is 0 Å². The van der Waals surface area contributed by atoms with Gasteiger partial charge in [0.05, 0.1) is 12.6 Å². The van der Waals surface area contributed by atoms with Gasteiger partial charge >= 0.3 is 0 Å². The molecule has 0 aliphatic heterocycles. The molecule has 0 saturated heterocycles. The van der Waals surface area contributed by atoms with Gasteiger partial charge in [0.1, 0.15) is 0 Å². The maximum Gasteiger partial charge on any atom is 0.169 e. The first-order valence-corrected chi connectivity index (χ1v) is 6.12. The Kier molecular flexibility index (Phi) is 5.95. The molecule has 0 saturated carbocycles. The highest BCUT2D eigenvalue weighted by molar-refractivity contribution is 5.51. The summed E-state index contributed by atoms with van der Waals surface area (Å²) in [5.41, 5.74) is 0. The lowest BCUT2D eigenvalue weighted by Crippen LogP contribution is -2.18. The van der Waals surface area contributed by atoms with Crippen molar-refractivity contribution in [2.45, 2.75) is 39.2 Å².